The van der Waals surface area contributed by atoms with Crippen molar-refractivity contribution in [1.82, 2.24) is 4.98 Å². The predicted molar refractivity (Wildman–Crippen MR) is 53.7 cm³/mol. The molecule has 3 heteroatoms. The summed E-state index contributed by atoms with van der Waals surface area (Å²) in [6.07, 6.45) is 4.27. The van der Waals surface area contributed by atoms with Crippen LogP contribution in [0, 0.1) is 0 Å². The fraction of sp³-hybridized carbons (Fsp3) is 0.500. The number of rotatable bonds is 2. The molecule has 3 nitrogen and oxygen atoms in total. The highest BCUT2D eigenvalue weighted by atomic mass is 15.2. The molecule has 1 atom stereocenters. The Morgan fingerprint density at radius 2 is 2.46 bits per heavy atom. The maximum absolute atomic E-state index is 5.69. The number of aromatic nitrogens is 1. The van der Waals surface area contributed by atoms with Gasteiger partial charge in [0.2, 0.25) is 0 Å². The quantitative estimate of drug-likeness (QED) is 0.733. The molecule has 70 valence electrons. The van der Waals surface area contributed by atoms with Crippen LogP contribution in [0.2, 0.25) is 0 Å². The van der Waals surface area contributed by atoms with E-state index in [0.717, 1.165) is 18.9 Å². The third kappa shape index (κ3) is 1.65. The number of hydrogen-bond donors (Lipinski definition) is 1. The third-order valence-corrected chi connectivity index (χ3v) is 2.59. The van der Waals surface area contributed by atoms with Crippen molar-refractivity contribution in [2.24, 2.45) is 5.73 Å². The van der Waals surface area contributed by atoms with Crippen molar-refractivity contribution >= 4 is 5.82 Å². The first-order valence-corrected chi connectivity index (χ1v) is 4.79. The van der Waals surface area contributed by atoms with Gasteiger partial charge in [0.05, 0.1) is 0 Å². The zero-order valence-corrected chi connectivity index (χ0v) is 7.69. The lowest BCUT2D eigenvalue weighted by Crippen LogP contribution is -2.35. The van der Waals surface area contributed by atoms with Crippen LogP contribution in [-0.2, 0) is 0 Å². The molecule has 1 aromatic rings. The summed E-state index contributed by atoms with van der Waals surface area (Å²) >= 11 is 0. The van der Waals surface area contributed by atoms with Crippen LogP contribution < -0.4 is 10.6 Å². The smallest absolute Gasteiger partial charge is 0.128 e. The molecule has 1 aliphatic heterocycles. The average Bonchev–Trinajstić information content (AvgIpc) is 2.67. The molecule has 13 heavy (non-hydrogen) atoms. The minimum absolute atomic E-state index is 0.495. The van der Waals surface area contributed by atoms with E-state index in [1.54, 1.807) is 0 Å². The minimum Gasteiger partial charge on any atom is -0.352 e. The van der Waals surface area contributed by atoms with Gasteiger partial charge in [0.25, 0.3) is 0 Å². The van der Waals surface area contributed by atoms with Gasteiger partial charge in [0, 0.05) is 25.3 Å². The van der Waals surface area contributed by atoms with Crippen LogP contribution in [0.3, 0.4) is 0 Å². The molecule has 0 bridgehead atoms. The monoisotopic (exact) mass is 177 g/mol. The van der Waals surface area contributed by atoms with E-state index in [1.807, 2.05) is 24.4 Å². The van der Waals surface area contributed by atoms with Gasteiger partial charge in [0.1, 0.15) is 5.82 Å². The summed E-state index contributed by atoms with van der Waals surface area (Å²) in [4.78, 5) is 6.63. The molecular formula is C10H15N3. The topological polar surface area (TPSA) is 42.1 Å². The van der Waals surface area contributed by atoms with E-state index in [1.165, 1.54) is 12.8 Å². The largest absolute Gasteiger partial charge is 0.352 e. The zero-order valence-electron chi connectivity index (χ0n) is 7.69. The average molecular weight is 177 g/mol. The van der Waals surface area contributed by atoms with E-state index in [2.05, 4.69) is 9.88 Å². The van der Waals surface area contributed by atoms with Gasteiger partial charge in [-0.15, -0.1) is 0 Å². The second kappa shape index (κ2) is 3.75. The molecule has 0 spiro atoms. The summed E-state index contributed by atoms with van der Waals surface area (Å²) in [7, 11) is 0. The van der Waals surface area contributed by atoms with Gasteiger partial charge < -0.3 is 10.6 Å². The Morgan fingerprint density at radius 1 is 1.54 bits per heavy atom. The van der Waals surface area contributed by atoms with Crippen LogP contribution in [0.4, 0.5) is 5.82 Å². The van der Waals surface area contributed by atoms with E-state index in [9.17, 15) is 0 Å². The molecule has 0 aliphatic carbocycles. The predicted octanol–water partition coefficient (Wildman–Crippen LogP) is 1.01. The van der Waals surface area contributed by atoms with Gasteiger partial charge in [0.15, 0.2) is 0 Å². The van der Waals surface area contributed by atoms with Crippen molar-refractivity contribution in [3.05, 3.63) is 24.4 Å². The molecule has 1 saturated heterocycles. The SMILES string of the molecule is NC[C@@H]1CCCN1c1ccccn1. The molecule has 0 amide bonds. The molecule has 0 saturated carbocycles. The van der Waals surface area contributed by atoms with Crippen LogP contribution in [0.15, 0.2) is 24.4 Å². The van der Waals surface area contributed by atoms with E-state index in [-0.39, 0.29) is 0 Å². The van der Waals surface area contributed by atoms with Crippen LogP contribution in [0.25, 0.3) is 0 Å². The third-order valence-electron chi connectivity index (χ3n) is 2.59. The van der Waals surface area contributed by atoms with Gasteiger partial charge in [-0.3, -0.25) is 0 Å². The summed E-state index contributed by atoms with van der Waals surface area (Å²) < 4.78 is 0. The maximum Gasteiger partial charge on any atom is 0.128 e. The molecular weight excluding hydrogens is 162 g/mol. The fourth-order valence-corrected chi connectivity index (χ4v) is 1.91. The lowest BCUT2D eigenvalue weighted by molar-refractivity contribution is 0.671. The highest BCUT2D eigenvalue weighted by Crippen LogP contribution is 2.22. The number of nitrogens with zero attached hydrogens (tertiary/aromatic N) is 2. The minimum atomic E-state index is 0.495. The Hall–Kier alpha value is -1.09. The Kier molecular flexibility index (Phi) is 2.45. The molecule has 2 rings (SSSR count). The Morgan fingerprint density at radius 3 is 3.15 bits per heavy atom. The lowest BCUT2D eigenvalue weighted by atomic mass is 10.2. The van der Waals surface area contributed by atoms with E-state index in [4.69, 9.17) is 5.73 Å². The molecule has 0 radical (unpaired) electrons. The highest BCUT2D eigenvalue weighted by molar-refractivity contribution is 5.40. The molecule has 1 aliphatic rings. The van der Waals surface area contributed by atoms with Crippen molar-refractivity contribution in [2.75, 3.05) is 18.0 Å². The number of nitrogens with two attached hydrogens (primary N) is 1. The molecule has 0 unspecified atom stereocenters. The summed E-state index contributed by atoms with van der Waals surface area (Å²) in [5.74, 6) is 1.07. The van der Waals surface area contributed by atoms with Crippen molar-refractivity contribution in [3.8, 4) is 0 Å². The first-order valence-electron chi connectivity index (χ1n) is 4.79. The summed E-state index contributed by atoms with van der Waals surface area (Å²) in [5, 5.41) is 0. The van der Waals surface area contributed by atoms with Gasteiger partial charge in [-0.25, -0.2) is 4.98 Å². The molecule has 2 heterocycles. The highest BCUT2D eigenvalue weighted by Gasteiger charge is 2.23. The number of hydrogen-bond acceptors (Lipinski definition) is 3. The Labute approximate surface area is 78.6 Å². The normalized spacial score (nSPS) is 22.2. The summed E-state index contributed by atoms with van der Waals surface area (Å²) in [6, 6.07) is 6.51. The van der Waals surface area contributed by atoms with Crippen LogP contribution >= 0.6 is 0 Å². The lowest BCUT2D eigenvalue weighted by Gasteiger charge is -2.24. The standard InChI is InChI=1S/C10H15N3/c11-8-9-4-3-7-13(9)10-5-1-2-6-12-10/h1-2,5-6,9H,3-4,7-8,11H2/t9-/m0/s1. The second-order valence-corrected chi connectivity index (χ2v) is 3.41. The molecule has 1 fully saturated rings. The first-order chi connectivity index (χ1) is 6.42. The van der Waals surface area contributed by atoms with Crippen molar-refractivity contribution in [3.63, 3.8) is 0 Å². The van der Waals surface area contributed by atoms with Crippen LogP contribution in [-0.4, -0.2) is 24.1 Å². The number of anilines is 1. The van der Waals surface area contributed by atoms with Crippen molar-refractivity contribution in [2.45, 2.75) is 18.9 Å². The van der Waals surface area contributed by atoms with Crippen LogP contribution in [0.5, 0.6) is 0 Å². The first kappa shape index (κ1) is 8.51. The Balaban J connectivity index is 2.16. The fourth-order valence-electron chi connectivity index (χ4n) is 1.91. The number of pyridine rings is 1. The molecule has 0 aromatic carbocycles. The van der Waals surface area contributed by atoms with Gasteiger partial charge in [-0.2, -0.15) is 0 Å². The molecule has 1 aromatic heterocycles. The van der Waals surface area contributed by atoms with E-state index >= 15 is 0 Å². The molecule has 2 N–H and O–H groups in total. The van der Waals surface area contributed by atoms with Crippen LogP contribution in [0.1, 0.15) is 12.8 Å². The Bertz CT molecular complexity index is 260. The zero-order chi connectivity index (χ0) is 9.10. The van der Waals surface area contributed by atoms with Crippen molar-refractivity contribution in [1.29, 1.82) is 0 Å². The van der Waals surface area contributed by atoms with Gasteiger partial charge in [-0.05, 0) is 25.0 Å². The van der Waals surface area contributed by atoms with Gasteiger partial charge in [-0.1, -0.05) is 6.07 Å². The van der Waals surface area contributed by atoms with E-state index < -0.39 is 0 Å². The maximum atomic E-state index is 5.69. The second-order valence-electron chi connectivity index (χ2n) is 3.41. The van der Waals surface area contributed by atoms with E-state index in [0.29, 0.717) is 6.04 Å². The van der Waals surface area contributed by atoms with Crippen molar-refractivity contribution < 1.29 is 0 Å². The summed E-state index contributed by atoms with van der Waals surface area (Å²) in [5.41, 5.74) is 5.69. The summed E-state index contributed by atoms with van der Waals surface area (Å²) in [6.45, 7) is 1.83. The van der Waals surface area contributed by atoms with Gasteiger partial charge >= 0.3 is 0 Å².